The second kappa shape index (κ2) is 24.0. The van der Waals surface area contributed by atoms with Gasteiger partial charge in [-0.2, -0.15) is 4.67 Å². The normalized spacial score (nSPS) is 12.0. The van der Waals surface area contributed by atoms with Gasteiger partial charge in [0.1, 0.15) is 0 Å². The first-order valence-corrected chi connectivity index (χ1v) is 15.1. The molecular formula is C25H46N3O10PS. The Bertz CT molecular complexity index is 760. The van der Waals surface area contributed by atoms with Crippen LogP contribution >= 0.6 is 20.6 Å². The molecule has 4 amide bonds. The molecule has 0 aromatic carbocycles. The molecule has 0 saturated carbocycles. The molecule has 232 valence electrons. The van der Waals surface area contributed by atoms with Gasteiger partial charge in [-0.3, -0.25) is 24.1 Å². The van der Waals surface area contributed by atoms with Crippen molar-refractivity contribution in [2.75, 3.05) is 59.4 Å². The molecule has 13 nitrogen and oxygen atoms in total. The standard InChI is InChI=1S/C25H46N3O10PS/c1-7-24(32)28(21(2)29)16-12-22(30)27-15-18-35-25(3,4)20-37-40-19-13-23(31)26-14-10-8-9-11-17-36-39(34-6)38-33-5/h7H,1,8-20H2,2-6H3,(H,26,31)(H,27,30). The molecule has 1 unspecified atom stereocenters. The van der Waals surface area contributed by atoms with Gasteiger partial charge in [-0.1, -0.05) is 19.4 Å². The fourth-order valence-corrected chi connectivity index (χ4v) is 4.34. The highest BCUT2D eigenvalue weighted by molar-refractivity contribution is 7.94. The summed E-state index contributed by atoms with van der Waals surface area (Å²) in [6.45, 7) is 10.3. The molecule has 0 aliphatic rings. The van der Waals surface area contributed by atoms with Gasteiger partial charge in [0.2, 0.25) is 17.7 Å². The van der Waals surface area contributed by atoms with Gasteiger partial charge in [0.15, 0.2) is 0 Å². The van der Waals surface area contributed by atoms with Crippen LogP contribution in [0.1, 0.15) is 59.3 Å². The highest BCUT2D eigenvalue weighted by atomic mass is 32.2. The molecule has 40 heavy (non-hydrogen) atoms. The van der Waals surface area contributed by atoms with Crippen molar-refractivity contribution in [2.24, 2.45) is 0 Å². The maximum Gasteiger partial charge on any atom is 0.362 e. The van der Waals surface area contributed by atoms with E-state index >= 15 is 0 Å². The van der Waals surface area contributed by atoms with E-state index in [0.29, 0.717) is 31.9 Å². The summed E-state index contributed by atoms with van der Waals surface area (Å²) in [4.78, 5) is 52.5. The van der Waals surface area contributed by atoms with E-state index in [2.05, 4.69) is 22.1 Å². The molecule has 0 aromatic heterocycles. The smallest absolute Gasteiger partial charge is 0.362 e. The molecule has 0 saturated heterocycles. The lowest BCUT2D eigenvalue weighted by Crippen LogP contribution is -2.38. The van der Waals surface area contributed by atoms with Crippen molar-refractivity contribution in [2.45, 2.75) is 64.9 Å². The second-order valence-electron chi connectivity index (χ2n) is 9.00. The number of hydrogen-bond donors (Lipinski definition) is 2. The summed E-state index contributed by atoms with van der Waals surface area (Å²) >= 11 is 1.21. The van der Waals surface area contributed by atoms with Crippen molar-refractivity contribution in [3.63, 3.8) is 0 Å². The zero-order valence-corrected chi connectivity index (χ0v) is 26.1. The molecule has 0 spiro atoms. The number of imide groups is 1. The first-order valence-electron chi connectivity index (χ1n) is 13.1. The van der Waals surface area contributed by atoms with E-state index in [1.54, 1.807) is 0 Å². The first kappa shape index (κ1) is 38.4. The van der Waals surface area contributed by atoms with Crippen molar-refractivity contribution >= 4 is 44.3 Å². The van der Waals surface area contributed by atoms with Crippen LogP contribution in [0.2, 0.25) is 0 Å². The summed E-state index contributed by atoms with van der Waals surface area (Å²) in [6, 6.07) is 0. The van der Waals surface area contributed by atoms with Crippen molar-refractivity contribution in [1.82, 2.24) is 15.5 Å². The predicted octanol–water partition coefficient (Wildman–Crippen LogP) is 3.05. The topological polar surface area (TPSA) is 151 Å². The van der Waals surface area contributed by atoms with E-state index in [9.17, 15) is 19.2 Å². The van der Waals surface area contributed by atoms with E-state index in [0.717, 1.165) is 36.7 Å². The van der Waals surface area contributed by atoms with Crippen LogP contribution < -0.4 is 10.6 Å². The summed E-state index contributed by atoms with van der Waals surface area (Å²) in [6.07, 6.45) is 5.09. The number of ether oxygens (including phenoxy) is 1. The molecule has 0 bridgehead atoms. The molecule has 0 fully saturated rings. The molecule has 0 heterocycles. The third-order valence-electron chi connectivity index (χ3n) is 5.08. The Hall–Kier alpha value is -1.64. The largest absolute Gasteiger partial charge is 0.371 e. The first-order chi connectivity index (χ1) is 19.1. The van der Waals surface area contributed by atoms with Crippen LogP contribution in [0.5, 0.6) is 0 Å². The van der Waals surface area contributed by atoms with Gasteiger partial charge in [-0.15, -0.1) is 0 Å². The highest BCUT2D eigenvalue weighted by Gasteiger charge is 2.20. The van der Waals surface area contributed by atoms with Gasteiger partial charge < -0.3 is 28.6 Å². The predicted molar refractivity (Wildman–Crippen MR) is 153 cm³/mol. The van der Waals surface area contributed by atoms with Crippen molar-refractivity contribution in [1.29, 1.82) is 0 Å². The third-order valence-corrected chi connectivity index (χ3v) is 6.69. The Morgan fingerprint density at radius 3 is 2.30 bits per heavy atom. The van der Waals surface area contributed by atoms with Crippen LogP contribution in [0, 0.1) is 0 Å². The second-order valence-corrected chi connectivity index (χ2v) is 11.1. The fraction of sp³-hybridized carbons (Fsp3) is 0.760. The Balaban J connectivity index is 3.77. The van der Waals surface area contributed by atoms with Crippen molar-refractivity contribution in [3.8, 4) is 0 Å². The van der Waals surface area contributed by atoms with E-state index in [4.69, 9.17) is 22.6 Å². The average Bonchev–Trinajstić information content (AvgIpc) is 2.91. The van der Waals surface area contributed by atoms with Gasteiger partial charge in [-0.25, -0.2) is 4.89 Å². The quantitative estimate of drug-likeness (QED) is 0.0391. The SMILES string of the molecule is C=CC(=O)N(CCC(=O)NCCOC(C)(C)COSCCC(=O)NCCCCCCOP(OC)OOC)C(C)=O. The monoisotopic (exact) mass is 611 g/mol. The molecule has 1 atom stereocenters. The number of carbonyl (C=O) groups excluding carboxylic acids is 4. The number of carbonyl (C=O) groups is 4. The minimum absolute atomic E-state index is 0.00655. The number of unbranched alkanes of at least 4 members (excludes halogenated alkanes) is 3. The summed E-state index contributed by atoms with van der Waals surface area (Å²) in [5.41, 5.74) is -0.588. The zero-order valence-electron chi connectivity index (χ0n) is 24.4. The Morgan fingerprint density at radius 1 is 0.975 bits per heavy atom. The summed E-state index contributed by atoms with van der Waals surface area (Å²) in [5, 5.41) is 5.60. The molecule has 2 N–H and O–H groups in total. The van der Waals surface area contributed by atoms with Crippen molar-refractivity contribution < 1.29 is 46.7 Å². The Kier molecular flexibility index (Phi) is 23.0. The molecule has 0 aliphatic carbocycles. The van der Waals surface area contributed by atoms with Crippen LogP contribution in [-0.4, -0.2) is 93.6 Å². The number of nitrogens with one attached hydrogen (secondary N) is 2. The highest BCUT2D eigenvalue weighted by Crippen LogP contribution is 2.38. The maximum atomic E-state index is 12.0. The molecule has 0 aromatic rings. The fourth-order valence-electron chi connectivity index (χ4n) is 2.97. The van der Waals surface area contributed by atoms with Crippen molar-refractivity contribution in [3.05, 3.63) is 12.7 Å². The minimum Gasteiger partial charge on any atom is -0.371 e. The molecule has 0 rings (SSSR count). The van der Waals surface area contributed by atoms with Gasteiger partial charge in [0.05, 0.1) is 32.5 Å². The average molecular weight is 612 g/mol. The molecule has 0 aliphatic heterocycles. The lowest BCUT2D eigenvalue weighted by Gasteiger charge is -2.24. The summed E-state index contributed by atoms with van der Waals surface area (Å²) < 4.78 is 26.5. The van der Waals surface area contributed by atoms with Crippen LogP contribution in [0.15, 0.2) is 12.7 Å². The number of nitrogens with zero attached hydrogens (tertiary/aromatic N) is 1. The van der Waals surface area contributed by atoms with Crippen LogP contribution in [-0.2, 0) is 46.7 Å². The van der Waals surface area contributed by atoms with E-state index in [-0.39, 0.29) is 37.9 Å². The third kappa shape index (κ3) is 21.2. The molecular weight excluding hydrogens is 565 g/mol. The number of rotatable bonds is 25. The Labute approximate surface area is 243 Å². The minimum atomic E-state index is -1.45. The van der Waals surface area contributed by atoms with Gasteiger partial charge >= 0.3 is 8.60 Å². The number of hydrogen-bond acceptors (Lipinski definition) is 11. The zero-order chi connectivity index (χ0) is 30.2. The van der Waals surface area contributed by atoms with Gasteiger partial charge in [0.25, 0.3) is 5.91 Å². The van der Waals surface area contributed by atoms with Crippen LogP contribution in [0.4, 0.5) is 0 Å². The van der Waals surface area contributed by atoms with E-state index in [1.807, 2.05) is 13.8 Å². The number of amides is 4. The van der Waals surface area contributed by atoms with Crippen LogP contribution in [0.25, 0.3) is 0 Å². The van der Waals surface area contributed by atoms with Gasteiger partial charge in [-0.05, 0) is 44.8 Å². The summed E-state index contributed by atoms with van der Waals surface area (Å²) in [5.74, 6) is -0.774. The maximum absolute atomic E-state index is 12.0. The summed E-state index contributed by atoms with van der Waals surface area (Å²) in [7, 11) is 1.44. The lowest BCUT2D eigenvalue weighted by molar-refractivity contribution is -0.189. The van der Waals surface area contributed by atoms with Gasteiger partial charge in [0, 0.05) is 52.3 Å². The lowest BCUT2D eigenvalue weighted by atomic mass is 10.1. The van der Waals surface area contributed by atoms with E-state index < -0.39 is 26.0 Å². The molecule has 15 heteroatoms. The Morgan fingerprint density at radius 2 is 1.65 bits per heavy atom. The van der Waals surface area contributed by atoms with Crippen LogP contribution in [0.3, 0.4) is 0 Å². The molecule has 0 radical (unpaired) electrons. The van der Waals surface area contributed by atoms with E-state index in [1.165, 1.54) is 33.2 Å².